The summed E-state index contributed by atoms with van der Waals surface area (Å²) in [5.41, 5.74) is 2.35. The molecular weight excluding hydrogens is 331 g/mol. The van der Waals surface area contributed by atoms with Gasteiger partial charge in [-0.3, -0.25) is 0 Å². The highest BCUT2D eigenvalue weighted by Gasteiger charge is 2.29. The van der Waals surface area contributed by atoms with Crippen molar-refractivity contribution in [2.45, 2.75) is 18.5 Å². The topological polar surface area (TPSA) is 42.7 Å². The highest BCUT2D eigenvalue weighted by atomic mass is 35.5. The second-order valence-corrected chi connectivity index (χ2v) is 6.45. The van der Waals surface area contributed by atoms with Crippen LogP contribution in [0.4, 0.5) is 5.95 Å². The van der Waals surface area contributed by atoms with Gasteiger partial charge in [-0.05, 0) is 41.8 Å². The Kier molecular flexibility index (Phi) is 3.71. The van der Waals surface area contributed by atoms with Gasteiger partial charge in [0, 0.05) is 10.0 Å². The zero-order valence-corrected chi connectivity index (χ0v) is 13.7. The molecule has 116 valence electrons. The number of benzene rings is 2. The lowest BCUT2D eigenvalue weighted by Gasteiger charge is -2.31. The minimum atomic E-state index is 0.117. The smallest absolute Gasteiger partial charge is 0.222 e. The van der Waals surface area contributed by atoms with Gasteiger partial charge in [0.15, 0.2) is 0 Å². The van der Waals surface area contributed by atoms with Crippen molar-refractivity contribution in [1.82, 2.24) is 14.8 Å². The minimum absolute atomic E-state index is 0.117. The molecule has 0 aliphatic carbocycles. The normalized spacial score (nSPS) is 19.9. The van der Waals surface area contributed by atoms with Gasteiger partial charge in [-0.2, -0.15) is 10.1 Å². The van der Waals surface area contributed by atoms with Gasteiger partial charge < -0.3 is 5.32 Å². The molecule has 0 spiro atoms. The van der Waals surface area contributed by atoms with E-state index >= 15 is 0 Å². The molecule has 2 aromatic carbocycles. The van der Waals surface area contributed by atoms with E-state index < -0.39 is 0 Å². The number of aromatic nitrogens is 3. The number of hydrogen-bond donors (Lipinski definition) is 1. The first-order chi connectivity index (χ1) is 11.2. The fourth-order valence-electron chi connectivity index (χ4n) is 3.00. The Balaban J connectivity index is 1.71. The maximum absolute atomic E-state index is 6.01. The zero-order valence-electron chi connectivity index (χ0n) is 12.2. The van der Waals surface area contributed by atoms with E-state index in [0.717, 1.165) is 22.4 Å². The van der Waals surface area contributed by atoms with E-state index in [0.29, 0.717) is 0 Å². The Bertz CT molecular complexity index is 811. The number of anilines is 1. The molecule has 0 saturated carbocycles. The third kappa shape index (κ3) is 2.80. The third-order valence-electron chi connectivity index (χ3n) is 4.16. The number of rotatable bonds is 2. The Morgan fingerprint density at radius 1 is 0.913 bits per heavy atom. The van der Waals surface area contributed by atoms with Crippen LogP contribution in [0.5, 0.6) is 0 Å². The number of hydrogen-bond acceptors (Lipinski definition) is 3. The molecule has 1 aliphatic rings. The highest BCUT2D eigenvalue weighted by molar-refractivity contribution is 6.30. The van der Waals surface area contributed by atoms with Gasteiger partial charge in [0.05, 0.1) is 12.1 Å². The zero-order chi connectivity index (χ0) is 15.8. The van der Waals surface area contributed by atoms with Crippen LogP contribution in [-0.4, -0.2) is 14.8 Å². The van der Waals surface area contributed by atoms with Crippen LogP contribution < -0.4 is 5.32 Å². The van der Waals surface area contributed by atoms with E-state index in [2.05, 4.69) is 15.4 Å². The summed E-state index contributed by atoms with van der Waals surface area (Å²) in [6, 6.07) is 16.1. The molecule has 0 amide bonds. The summed E-state index contributed by atoms with van der Waals surface area (Å²) in [4.78, 5) is 4.33. The highest BCUT2D eigenvalue weighted by Crippen LogP contribution is 2.37. The molecule has 0 fully saturated rings. The van der Waals surface area contributed by atoms with E-state index in [9.17, 15) is 0 Å². The third-order valence-corrected chi connectivity index (χ3v) is 4.66. The van der Waals surface area contributed by atoms with E-state index in [4.69, 9.17) is 23.2 Å². The van der Waals surface area contributed by atoms with Crippen molar-refractivity contribution in [2.24, 2.45) is 0 Å². The van der Waals surface area contributed by atoms with Crippen molar-refractivity contribution in [1.29, 1.82) is 0 Å². The van der Waals surface area contributed by atoms with E-state index in [1.807, 2.05) is 53.2 Å². The van der Waals surface area contributed by atoms with Crippen molar-refractivity contribution >= 4 is 29.2 Å². The molecule has 2 heterocycles. The predicted octanol–water partition coefficient (Wildman–Crippen LogP) is 4.73. The molecule has 0 bridgehead atoms. The van der Waals surface area contributed by atoms with Crippen molar-refractivity contribution in [2.75, 3.05) is 5.32 Å². The van der Waals surface area contributed by atoms with Crippen LogP contribution in [0.3, 0.4) is 0 Å². The lowest BCUT2D eigenvalue weighted by Crippen LogP contribution is -2.28. The van der Waals surface area contributed by atoms with Gasteiger partial charge >= 0.3 is 0 Å². The molecule has 1 aliphatic heterocycles. The van der Waals surface area contributed by atoms with Crippen LogP contribution >= 0.6 is 23.2 Å². The maximum atomic E-state index is 6.01. The van der Waals surface area contributed by atoms with Crippen molar-refractivity contribution < 1.29 is 0 Å². The average molecular weight is 345 g/mol. The molecular formula is C17H14Cl2N4. The molecule has 6 heteroatoms. The van der Waals surface area contributed by atoms with Crippen LogP contribution in [0.25, 0.3) is 0 Å². The Morgan fingerprint density at radius 3 is 2.17 bits per heavy atom. The van der Waals surface area contributed by atoms with Gasteiger partial charge in [0.2, 0.25) is 5.95 Å². The molecule has 1 aromatic heterocycles. The van der Waals surface area contributed by atoms with E-state index in [1.54, 1.807) is 6.33 Å². The lowest BCUT2D eigenvalue weighted by atomic mass is 9.93. The van der Waals surface area contributed by atoms with Gasteiger partial charge in [0.25, 0.3) is 0 Å². The number of fused-ring (bicyclic) bond motifs is 1. The maximum Gasteiger partial charge on any atom is 0.222 e. The predicted molar refractivity (Wildman–Crippen MR) is 92.0 cm³/mol. The Morgan fingerprint density at radius 2 is 1.52 bits per heavy atom. The van der Waals surface area contributed by atoms with Crippen LogP contribution in [-0.2, 0) is 0 Å². The van der Waals surface area contributed by atoms with Gasteiger partial charge in [-0.15, -0.1) is 0 Å². The van der Waals surface area contributed by atoms with Crippen molar-refractivity contribution in [3.05, 3.63) is 76.0 Å². The Hall–Kier alpha value is -2.04. The van der Waals surface area contributed by atoms with Gasteiger partial charge in [0.1, 0.15) is 6.33 Å². The first-order valence-corrected chi connectivity index (χ1v) is 8.13. The summed E-state index contributed by atoms with van der Waals surface area (Å²) >= 11 is 12.0. The molecule has 1 N–H and O–H groups in total. The van der Waals surface area contributed by atoms with Gasteiger partial charge in [-0.25, -0.2) is 4.68 Å². The molecule has 2 atom stereocenters. The molecule has 3 aromatic rings. The average Bonchev–Trinajstić information content (AvgIpc) is 3.04. The van der Waals surface area contributed by atoms with Crippen LogP contribution in [0.15, 0.2) is 54.9 Å². The summed E-state index contributed by atoms with van der Waals surface area (Å²) in [7, 11) is 0. The Labute approximate surface area is 144 Å². The van der Waals surface area contributed by atoms with Crippen LogP contribution in [0.2, 0.25) is 10.0 Å². The van der Waals surface area contributed by atoms with Crippen LogP contribution in [0.1, 0.15) is 29.6 Å². The fourth-order valence-corrected chi connectivity index (χ4v) is 3.25. The summed E-state index contributed by atoms with van der Waals surface area (Å²) in [5, 5.41) is 9.28. The summed E-state index contributed by atoms with van der Waals surface area (Å²) in [6.07, 6.45) is 2.45. The molecule has 23 heavy (non-hydrogen) atoms. The second kappa shape index (κ2) is 5.87. The SMILES string of the molecule is Clc1ccc([C@@H]2C[C@H](c3ccc(Cl)cc3)n3ncnc3N2)cc1. The molecule has 0 saturated heterocycles. The minimum Gasteiger partial charge on any atom is -0.348 e. The monoisotopic (exact) mass is 344 g/mol. The number of nitrogens with one attached hydrogen (secondary N) is 1. The first kappa shape index (κ1) is 14.5. The van der Waals surface area contributed by atoms with Gasteiger partial charge in [-0.1, -0.05) is 47.5 Å². The number of halogens is 2. The lowest BCUT2D eigenvalue weighted by molar-refractivity contribution is 0.431. The van der Waals surface area contributed by atoms with E-state index in [1.165, 1.54) is 11.1 Å². The molecule has 4 nitrogen and oxygen atoms in total. The molecule has 0 radical (unpaired) electrons. The van der Waals surface area contributed by atoms with Crippen molar-refractivity contribution in [3.63, 3.8) is 0 Å². The van der Waals surface area contributed by atoms with E-state index in [-0.39, 0.29) is 12.1 Å². The summed E-state index contributed by atoms with van der Waals surface area (Å²) in [6.45, 7) is 0. The largest absolute Gasteiger partial charge is 0.348 e. The first-order valence-electron chi connectivity index (χ1n) is 7.38. The van der Waals surface area contributed by atoms with Crippen LogP contribution in [0, 0.1) is 0 Å². The second-order valence-electron chi connectivity index (χ2n) is 5.58. The summed E-state index contributed by atoms with van der Waals surface area (Å²) in [5.74, 6) is 0.774. The van der Waals surface area contributed by atoms with Crippen molar-refractivity contribution in [3.8, 4) is 0 Å². The molecule has 0 unspecified atom stereocenters. The summed E-state index contributed by atoms with van der Waals surface area (Å²) < 4.78 is 1.93. The quantitative estimate of drug-likeness (QED) is 0.730. The number of nitrogens with zero attached hydrogens (tertiary/aromatic N) is 3. The standard InChI is InChI=1S/C17H14Cl2N4/c18-13-5-1-11(2-6-13)15-9-16(12-3-7-14(19)8-4-12)23-17(22-15)20-10-21-23/h1-8,10,15-16H,9H2,(H,20,21,22)/t15-,16+/m0/s1. The fraction of sp³-hybridized carbons (Fsp3) is 0.176. The molecule has 4 rings (SSSR count).